The first-order valence-corrected chi connectivity index (χ1v) is 5.62. The van der Waals surface area contributed by atoms with Crippen LogP contribution in [0.2, 0.25) is 0 Å². The molecule has 1 aromatic carbocycles. The predicted octanol–water partition coefficient (Wildman–Crippen LogP) is 2.14. The number of nitrogens with zero attached hydrogens (tertiary/aromatic N) is 1. The molecule has 0 aromatic heterocycles. The van der Waals surface area contributed by atoms with Crippen LogP contribution in [-0.4, -0.2) is 11.8 Å². The van der Waals surface area contributed by atoms with E-state index in [1.807, 2.05) is 36.0 Å². The first-order valence-electron chi connectivity index (χ1n) is 4.57. The average molecular weight is 206 g/mol. The molecule has 2 N–H and O–H groups in total. The Balaban J connectivity index is 2.55. The molecule has 0 heterocycles. The van der Waals surface area contributed by atoms with Gasteiger partial charge in [0.2, 0.25) is 0 Å². The molecule has 74 valence electrons. The third-order valence-corrected chi connectivity index (χ3v) is 3.18. The van der Waals surface area contributed by atoms with Crippen LogP contribution in [0.15, 0.2) is 24.3 Å². The van der Waals surface area contributed by atoms with Crippen molar-refractivity contribution in [1.29, 1.82) is 5.26 Å². The summed E-state index contributed by atoms with van der Waals surface area (Å²) >= 11 is 1.81. The van der Waals surface area contributed by atoms with E-state index < -0.39 is 0 Å². The van der Waals surface area contributed by atoms with Gasteiger partial charge in [-0.1, -0.05) is 19.1 Å². The summed E-state index contributed by atoms with van der Waals surface area (Å²) in [5, 5.41) is 9.18. The Hall–Kier alpha value is -0.980. The van der Waals surface area contributed by atoms with Crippen molar-refractivity contribution in [2.45, 2.75) is 17.9 Å². The fraction of sp³-hybridized carbons (Fsp3) is 0.364. The third kappa shape index (κ3) is 3.41. The van der Waals surface area contributed by atoms with Crippen molar-refractivity contribution in [2.75, 3.05) is 6.54 Å². The SMILES string of the molecule is CC(CN)SCc1cccc(C#N)c1. The summed E-state index contributed by atoms with van der Waals surface area (Å²) in [6, 6.07) is 9.84. The molecule has 0 amide bonds. The molecular weight excluding hydrogens is 192 g/mol. The summed E-state index contributed by atoms with van der Waals surface area (Å²) in [4.78, 5) is 0. The smallest absolute Gasteiger partial charge is 0.0991 e. The van der Waals surface area contributed by atoms with Crippen LogP contribution >= 0.6 is 11.8 Å². The molecule has 0 aliphatic rings. The van der Waals surface area contributed by atoms with Crippen molar-refractivity contribution in [1.82, 2.24) is 0 Å². The van der Waals surface area contributed by atoms with Crippen LogP contribution in [0.3, 0.4) is 0 Å². The third-order valence-electron chi connectivity index (χ3n) is 1.92. The Morgan fingerprint density at radius 3 is 3.00 bits per heavy atom. The van der Waals surface area contributed by atoms with Crippen LogP contribution < -0.4 is 5.73 Å². The van der Waals surface area contributed by atoms with Gasteiger partial charge in [-0.25, -0.2) is 0 Å². The van der Waals surface area contributed by atoms with Crippen molar-refractivity contribution in [3.8, 4) is 6.07 Å². The first-order chi connectivity index (χ1) is 6.76. The minimum Gasteiger partial charge on any atom is -0.329 e. The molecular formula is C11H14N2S. The number of nitriles is 1. The van der Waals surface area contributed by atoms with Crippen LogP contribution in [0.1, 0.15) is 18.1 Å². The van der Waals surface area contributed by atoms with E-state index in [1.54, 1.807) is 0 Å². The minimum atomic E-state index is 0.473. The molecule has 0 spiro atoms. The number of thioether (sulfide) groups is 1. The molecule has 0 aliphatic carbocycles. The van der Waals surface area contributed by atoms with Gasteiger partial charge < -0.3 is 5.73 Å². The van der Waals surface area contributed by atoms with Crippen LogP contribution in [-0.2, 0) is 5.75 Å². The second kappa shape index (κ2) is 5.69. The molecule has 0 fully saturated rings. The average Bonchev–Trinajstić information content (AvgIpc) is 2.26. The summed E-state index contributed by atoms with van der Waals surface area (Å²) in [6.07, 6.45) is 0. The number of rotatable bonds is 4. The second-order valence-electron chi connectivity index (χ2n) is 3.17. The molecule has 1 atom stereocenters. The van der Waals surface area contributed by atoms with E-state index in [1.165, 1.54) is 5.56 Å². The standard InChI is InChI=1S/C11H14N2S/c1-9(6-12)14-8-11-4-2-3-10(5-11)7-13/h2-5,9H,6,8,12H2,1H3. The molecule has 14 heavy (non-hydrogen) atoms. The largest absolute Gasteiger partial charge is 0.329 e. The van der Waals surface area contributed by atoms with E-state index in [-0.39, 0.29) is 0 Å². The Morgan fingerprint density at radius 2 is 2.36 bits per heavy atom. The lowest BCUT2D eigenvalue weighted by Crippen LogP contribution is -2.12. The van der Waals surface area contributed by atoms with Gasteiger partial charge in [-0.2, -0.15) is 17.0 Å². The maximum atomic E-state index is 8.71. The molecule has 0 aliphatic heterocycles. The number of benzene rings is 1. The van der Waals surface area contributed by atoms with Gasteiger partial charge in [0.25, 0.3) is 0 Å². The summed E-state index contributed by atoms with van der Waals surface area (Å²) in [5.41, 5.74) is 7.43. The zero-order valence-corrected chi connectivity index (χ0v) is 9.05. The van der Waals surface area contributed by atoms with E-state index in [9.17, 15) is 0 Å². The fourth-order valence-electron chi connectivity index (χ4n) is 1.04. The van der Waals surface area contributed by atoms with Crippen LogP contribution in [0.25, 0.3) is 0 Å². The van der Waals surface area contributed by atoms with E-state index in [4.69, 9.17) is 11.0 Å². The van der Waals surface area contributed by atoms with Gasteiger partial charge in [0.15, 0.2) is 0 Å². The highest BCUT2D eigenvalue weighted by atomic mass is 32.2. The molecule has 0 saturated carbocycles. The van der Waals surface area contributed by atoms with Crippen molar-refractivity contribution < 1.29 is 0 Å². The van der Waals surface area contributed by atoms with Crippen molar-refractivity contribution in [2.24, 2.45) is 5.73 Å². The molecule has 0 radical (unpaired) electrons. The van der Waals surface area contributed by atoms with Crippen LogP contribution in [0, 0.1) is 11.3 Å². The summed E-state index contributed by atoms with van der Waals surface area (Å²) in [6.45, 7) is 2.81. The number of nitrogens with two attached hydrogens (primary N) is 1. The topological polar surface area (TPSA) is 49.8 Å². The lowest BCUT2D eigenvalue weighted by atomic mass is 10.2. The van der Waals surface area contributed by atoms with Crippen LogP contribution in [0.5, 0.6) is 0 Å². The summed E-state index contributed by atoms with van der Waals surface area (Å²) < 4.78 is 0. The van der Waals surface area contributed by atoms with Crippen molar-refractivity contribution >= 4 is 11.8 Å². The van der Waals surface area contributed by atoms with Crippen molar-refractivity contribution in [3.05, 3.63) is 35.4 Å². The lowest BCUT2D eigenvalue weighted by Gasteiger charge is -2.07. The van der Waals surface area contributed by atoms with Gasteiger partial charge in [-0.05, 0) is 17.7 Å². The van der Waals surface area contributed by atoms with Gasteiger partial charge in [0.05, 0.1) is 11.6 Å². The molecule has 0 bridgehead atoms. The Kier molecular flexibility index (Phi) is 4.51. The van der Waals surface area contributed by atoms with Gasteiger partial charge in [-0.3, -0.25) is 0 Å². The van der Waals surface area contributed by atoms with Gasteiger partial charge in [0.1, 0.15) is 0 Å². The Morgan fingerprint density at radius 1 is 1.57 bits per heavy atom. The first kappa shape index (κ1) is 11.1. The van der Waals surface area contributed by atoms with E-state index in [0.29, 0.717) is 11.8 Å². The molecule has 0 saturated heterocycles. The Bertz CT molecular complexity index is 330. The lowest BCUT2D eigenvalue weighted by molar-refractivity contribution is 0.951. The van der Waals surface area contributed by atoms with E-state index in [2.05, 4.69) is 13.0 Å². The monoisotopic (exact) mass is 206 g/mol. The molecule has 1 rings (SSSR count). The Labute approximate surface area is 89.1 Å². The minimum absolute atomic E-state index is 0.473. The van der Waals surface area contributed by atoms with Gasteiger partial charge in [-0.15, -0.1) is 0 Å². The number of hydrogen-bond acceptors (Lipinski definition) is 3. The molecule has 3 heteroatoms. The normalized spacial score (nSPS) is 12.1. The van der Waals surface area contributed by atoms with Gasteiger partial charge in [0, 0.05) is 17.5 Å². The highest BCUT2D eigenvalue weighted by molar-refractivity contribution is 7.99. The van der Waals surface area contributed by atoms with E-state index in [0.717, 1.165) is 11.3 Å². The van der Waals surface area contributed by atoms with E-state index >= 15 is 0 Å². The zero-order chi connectivity index (χ0) is 10.4. The van der Waals surface area contributed by atoms with Gasteiger partial charge >= 0.3 is 0 Å². The maximum Gasteiger partial charge on any atom is 0.0991 e. The second-order valence-corrected chi connectivity index (χ2v) is 4.60. The molecule has 1 unspecified atom stereocenters. The molecule has 2 nitrogen and oxygen atoms in total. The van der Waals surface area contributed by atoms with Crippen LogP contribution in [0.4, 0.5) is 0 Å². The molecule has 1 aromatic rings. The fourth-order valence-corrected chi connectivity index (χ4v) is 1.83. The highest BCUT2D eigenvalue weighted by Gasteiger charge is 2.00. The number of hydrogen-bond donors (Lipinski definition) is 1. The quantitative estimate of drug-likeness (QED) is 0.821. The highest BCUT2D eigenvalue weighted by Crippen LogP contribution is 2.17. The predicted molar refractivity (Wildman–Crippen MR) is 61.0 cm³/mol. The summed E-state index contributed by atoms with van der Waals surface area (Å²) in [7, 11) is 0. The van der Waals surface area contributed by atoms with Crippen molar-refractivity contribution in [3.63, 3.8) is 0 Å². The maximum absolute atomic E-state index is 8.71. The summed E-state index contributed by atoms with van der Waals surface area (Å²) in [5.74, 6) is 0.924. The zero-order valence-electron chi connectivity index (χ0n) is 8.23.